The van der Waals surface area contributed by atoms with Crippen LogP contribution in [0.5, 0.6) is 0 Å². The van der Waals surface area contributed by atoms with Crippen molar-refractivity contribution in [3.8, 4) is 145 Å². The highest BCUT2D eigenvalue weighted by molar-refractivity contribution is 6.28. The van der Waals surface area contributed by atoms with Crippen LogP contribution >= 0.6 is 0 Å². The van der Waals surface area contributed by atoms with Crippen LogP contribution in [-0.4, -0.2) is 0 Å². The second-order valence-corrected chi connectivity index (χ2v) is 39.0. The molecule has 0 heteroatoms. The molecule has 135 heavy (non-hydrogen) atoms. The van der Waals surface area contributed by atoms with Gasteiger partial charge in [0.05, 0.1) is 0 Å². The van der Waals surface area contributed by atoms with E-state index in [2.05, 4.69) is 503 Å². The minimum Gasteiger partial charge on any atom is -0.0622 e. The van der Waals surface area contributed by atoms with Gasteiger partial charge in [0.15, 0.2) is 0 Å². The fraction of sp³-hybridized carbons (Fsp3) is 0.0667. The Morgan fingerprint density at radius 2 is 0.304 bits per heavy atom. The van der Waals surface area contributed by atoms with Crippen LogP contribution in [0.3, 0.4) is 0 Å². The molecule has 0 radical (unpaired) electrons. The van der Waals surface area contributed by atoms with E-state index in [-0.39, 0.29) is 16.2 Å². The maximum atomic E-state index is 2.53. The summed E-state index contributed by atoms with van der Waals surface area (Å²) in [6.45, 7) is 14.3. The van der Waals surface area contributed by atoms with Crippen molar-refractivity contribution in [3.63, 3.8) is 0 Å². The van der Waals surface area contributed by atoms with E-state index in [1.165, 1.54) is 275 Å². The lowest BCUT2D eigenvalue weighted by Crippen LogP contribution is -2.15. The van der Waals surface area contributed by atoms with Crippen molar-refractivity contribution < 1.29 is 0 Å². The number of fused-ring (bicyclic) bond motifs is 18. The van der Waals surface area contributed by atoms with Gasteiger partial charge in [0, 0.05) is 16.2 Å². The number of rotatable bonds is 10. The maximum absolute atomic E-state index is 2.53. The predicted octanol–water partition coefficient (Wildman–Crippen LogP) is 37.3. The van der Waals surface area contributed by atoms with E-state index in [4.69, 9.17) is 0 Å². The van der Waals surface area contributed by atoms with E-state index < -0.39 is 0 Å². The van der Waals surface area contributed by atoms with Gasteiger partial charge in [-0.2, -0.15) is 0 Å². The monoisotopic (exact) mass is 1710 g/mol. The van der Waals surface area contributed by atoms with E-state index in [9.17, 15) is 0 Å². The molecule has 0 N–H and O–H groups in total. The van der Waals surface area contributed by atoms with Crippen LogP contribution in [0, 0.1) is 0 Å². The van der Waals surface area contributed by atoms with Crippen LogP contribution < -0.4 is 0 Å². The SMILES string of the molecule is CC1(C)c2ccccc2-c2ccc(-c3c4ccccc4c(-c4ccc5c(-c6ccc(-c7ccccc7)cc6)c6ccccc6c(-c6ccc(-c7ccccc7)cc6)c5c4)c4ccccc34)cc21.CC1(C)c2ccccc2-c2ccc(-c3c4ccccc4c(-c4ccc5c(c4)C(C)(C)c4ccccc4-5)c4cc(-c5c6ccccc6c(-c6ccc7ccccc7c6)c6ccccc56)ccc34)cc21. The third kappa shape index (κ3) is 12.4. The Labute approximate surface area is 788 Å². The summed E-state index contributed by atoms with van der Waals surface area (Å²) in [5.74, 6) is 0. The highest BCUT2D eigenvalue weighted by Gasteiger charge is 2.40. The van der Waals surface area contributed by atoms with Crippen molar-refractivity contribution in [2.45, 2.75) is 57.8 Å². The van der Waals surface area contributed by atoms with Gasteiger partial charge in [0.2, 0.25) is 0 Å². The Morgan fingerprint density at radius 1 is 0.111 bits per heavy atom. The lowest BCUT2D eigenvalue weighted by molar-refractivity contribution is 0.660. The summed E-state index contributed by atoms with van der Waals surface area (Å²) in [6, 6.07) is 173. The molecule has 0 nitrogen and oxygen atoms in total. The summed E-state index contributed by atoms with van der Waals surface area (Å²) in [7, 11) is 0. The molecule has 634 valence electrons. The summed E-state index contributed by atoms with van der Waals surface area (Å²) in [6.07, 6.45) is 0. The Hall–Kier alpha value is -16.4. The fourth-order valence-electron chi connectivity index (χ4n) is 24.3. The molecule has 0 saturated carbocycles. The minimum absolute atomic E-state index is 0.0921. The standard InChI is InChI=1S/C68H48.C67H46/c1-67(2)59-27-15-13-19-47(59)49-34-31-45(39-61(49)67)65-55-25-11-12-26-56(55)66(46-32-35-50-48-20-14-16-28-60(48)68(3,4)62(50)40-46)58-38-44(33-36-57(58)65)64-53-23-9-7-21-51(53)63(52-22-8-10-24-54(52)64)43-30-29-41-17-5-6-18-42(41)37-43;1-67(2)61-28-16-15-21-51(61)52-39-37-50(42-62(52)67)66-57-26-13-11-24-55(57)65(56-25-12-14-27-58(56)66)49-38-40-59-60(41-49)64(48-35-31-46(32-36-48)44-19-7-4-8-20-44)54-23-10-9-22-53(54)63(59)47-33-29-45(30-34-47)43-17-5-3-6-18-43/h5-40H,1-4H3;3-42H,1-2H3. The Kier molecular flexibility index (Phi) is 18.2. The molecule has 0 fully saturated rings. The van der Waals surface area contributed by atoms with Crippen LogP contribution in [0.25, 0.3) is 242 Å². The Balaban J connectivity index is 0.000000140. The summed E-state index contributed by atoms with van der Waals surface area (Å²) in [4.78, 5) is 0. The lowest BCUT2D eigenvalue weighted by Gasteiger charge is -2.24. The van der Waals surface area contributed by atoms with Gasteiger partial charge in [0.25, 0.3) is 0 Å². The van der Waals surface area contributed by atoms with E-state index >= 15 is 0 Å². The highest BCUT2D eigenvalue weighted by Crippen LogP contribution is 2.58. The minimum atomic E-state index is -0.127. The van der Waals surface area contributed by atoms with E-state index in [0.717, 1.165) is 0 Å². The lowest BCUT2D eigenvalue weighted by atomic mass is 9.79. The van der Waals surface area contributed by atoms with Crippen LogP contribution in [0.15, 0.2) is 461 Å². The van der Waals surface area contributed by atoms with Crippen LogP contribution in [0.2, 0.25) is 0 Å². The van der Waals surface area contributed by atoms with Gasteiger partial charge < -0.3 is 0 Å². The summed E-state index contributed by atoms with van der Waals surface area (Å²) in [5.41, 5.74) is 41.0. The van der Waals surface area contributed by atoms with Crippen LogP contribution in [-0.2, 0) is 16.2 Å². The Morgan fingerprint density at radius 3 is 0.622 bits per heavy atom. The van der Waals surface area contributed by atoms with Crippen molar-refractivity contribution in [1.82, 2.24) is 0 Å². The summed E-state index contributed by atoms with van der Waals surface area (Å²) >= 11 is 0. The molecule has 24 aromatic carbocycles. The molecule has 3 aliphatic carbocycles. The predicted molar refractivity (Wildman–Crippen MR) is 577 cm³/mol. The van der Waals surface area contributed by atoms with Gasteiger partial charge >= 0.3 is 0 Å². The average molecular weight is 1720 g/mol. The first-order chi connectivity index (χ1) is 66.3. The van der Waals surface area contributed by atoms with E-state index in [0.29, 0.717) is 0 Å². The van der Waals surface area contributed by atoms with Crippen molar-refractivity contribution in [2.24, 2.45) is 0 Å². The smallest absolute Gasteiger partial charge is 0.0159 e. The first-order valence-electron chi connectivity index (χ1n) is 47.7. The van der Waals surface area contributed by atoms with Gasteiger partial charge in [-0.25, -0.2) is 0 Å². The van der Waals surface area contributed by atoms with Gasteiger partial charge in [-0.3, -0.25) is 0 Å². The normalized spacial score (nSPS) is 13.4. The molecule has 0 heterocycles. The quantitative estimate of drug-likeness (QED) is 0.120. The molecular weight excluding hydrogens is 1620 g/mol. The molecule has 0 amide bonds. The Bertz CT molecular complexity index is 8970. The van der Waals surface area contributed by atoms with E-state index in [1.807, 2.05) is 0 Å². The third-order valence-corrected chi connectivity index (χ3v) is 30.7. The van der Waals surface area contributed by atoms with Gasteiger partial charge in [-0.15, -0.1) is 0 Å². The van der Waals surface area contributed by atoms with Gasteiger partial charge in [-0.1, -0.05) is 466 Å². The fourth-order valence-corrected chi connectivity index (χ4v) is 24.3. The second kappa shape index (κ2) is 30.9. The first-order valence-corrected chi connectivity index (χ1v) is 47.7. The number of hydrogen-bond acceptors (Lipinski definition) is 0. The zero-order valence-corrected chi connectivity index (χ0v) is 76.4. The zero-order chi connectivity index (χ0) is 90.1. The first kappa shape index (κ1) is 79.6. The van der Waals surface area contributed by atoms with Crippen molar-refractivity contribution in [3.05, 3.63) is 494 Å². The van der Waals surface area contributed by atoms with Crippen molar-refractivity contribution in [2.75, 3.05) is 0 Å². The molecule has 24 aromatic rings. The van der Waals surface area contributed by atoms with Crippen LogP contribution in [0.1, 0.15) is 74.9 Å². The second-order valence-electron chi connectivity index (χ2n) is 39.0. The molecular formula is C135H94. The van der Waals surface area contributed by atoms with Crippen molar-refractivity contribution in [1.29, 1.82) is 0 Å². The molecule has 0 aromatic heterocycles. The molecule has 0 saturated heterocycles. The van der Waals surface area contributed by atoms with E-state index in [1.54, 1.807) is 0 Å². The van der Waals surface area contributed by atoms with Crippen molar-refractivity contribution >= 4 is 97.0 Å². The third-order valence-electron chi connectivity index (χ3n) is 30.7. The number of hydrogen-bond donors (Lipinski definition) is 0. The topological polar surface area (TPSA) is 0 Å². The maximum Gasteiger partial charge on any atom is 0.0159 e. The molecule has 0 spiro atoms. The molecule has 0 aliphatic heterocycles. The molecule has 27 rings (SSSR count). The average Bonchev–Trinajstić information content (AvgIpc) is 1.67. The summed E-state index contributed by atoms with van der Waals surface area (Å²) in [5, 5.41) is 22.6. The van der Waals surface area contributed by atoms with Crippen LogP contribution in [0.4, 0.5) is 0 Å². The van der Waals surface area contributed by atoms with Gasteiger partial charge in [-0.05, 0) is 311 Å². The molecule has 3 aliphatic rings. The summed E-state index contributed by atoms with van der Waals surface area (Å²) < 4.78 is 0. The highest BCUT2D eigenvalue weighted by atomic mass is 14.4. The molecule has 0 bridgehead atoms. The number of benzene rings is 24. The zero-order valence-electron chi connectivity index (χ0n) is 76.4. The molecule has 0 unspecified atom stereocenters. The largest absolute Gasteiger partial charge is 0.0622 e. The van der Waals surface area contributed by atoms with Gasteiger partial charge in [0.1, 0.15) is 0 Å². The molecule has 0 atom stereocenters.